The Labute approximate surface area is 105 Å². The lowest BCUT2D eigenvalue weighted by molar-refractivity contribution is -0.383. The quantitative estimate of drug-likeness (QED) is 0.419. The van der Waals surface area contributed by atoms with E-state index in [1.54, 1.807) is 0 Å². The molecule has 18 heavy (non-hydrogen) atoms. The van der Waals surface area contributed by atoms with Crippen LogP contribution in [0.3, 0.4) is 0 Å². The molecule has 0 amide bonds. The van der Waals surface area contributed by atoms with Crippen molar-refractivity contribution in [1.82, 2.24) is 14.9 Å². The van der Waals surface area contributed by atoms with Gasteiger partial charge in [-0.2, -0.15) is 0 Å². The Hall–Kier alpha value is -1.96. The van der Waals surface area contributed by atoms with Crippen molar-refractivity contribution in [3.8, 4) is 0 Å². The molecule has 8 nitrogen and oxygen atoms in total. The number of nitrogen functional groups attached to an aromatic ring is 1. The van der Waals surface area contributed by atoms with E-state index < -0.39 is 4.92 Å². The SMILES string of the molecule is CN(C)CCCCNc1ncnc(N)c1[N+](=O)[O-]. The van der Waals surface area contributed by atoms with Crippen LogP contribution in [-0.4, -0.2) is 47.0 Å². The van der Waals surface area contributed by atoms with E-state index in [4.69, 9.17) is 5.73 Å². The van der Waals surface area contributed by atoms with Crippen LogP contribution >= 0.6 is 0 Å². The monoisotopic (exact) mass is 254 g/mol. The molecule has 8 heteroatoms. The van der Waals surface area contributed by atoms with Crippen molar-refractivity contribution < 1.29 is 4.92 Å². The van der Waals surface area contributed by atoms with Gasteiger partial charge in [0.15, 0.2) is 0 Å². The summed E-state index contributed by atoms with van der Waals surface area (Å²) >= 11 is 0. The highest BCUT2D eigenvalue weighted by Gasteiger charge is 2.20. The van der Waals surface area contributed by atoms with Gasteiger partial charge in [0.05, 0.1) is 4.92 Å². The number of nitro groups is 1. The lowest BCUT2D eigenvalue weighted by Gasteiger charge is -2.09. The van der Waals surface area contributed by atoms with Gasteiger partial charge in [0.25, 0.3) is 0 Å². The Kier molecular flexibility index (Phi) is 5.25. The standard InChI is InChI=1S/C10H18N6O2/c1-15(2)6-4-3-5-12-10-8(16(17)18)9(11)13-7-14-10/h7H,3-6H2,1-2H3,(H3,11,12,13,14). The van der Waals surface area contributed by atoms with Crippen LogP contribution in [0, 0.1) is 10.1 Å². The molecule has 0 atom stereocenters. The lowest BCUT2D eigenvalue weighted by Crippen LogP contribution is -2.15. The fraction of sp³-hybridized carbons (Fsp3) is 0.600. The van der Waals surface area contributed by atoms with E-state index in [-0.39, 0.29) is 17.3 Å². The first-order valence-electron chi connectivity index (χ1n) is 5.66. The van der Waals surface area contributed by atoms with Crippen LogP contribution in [0.5, 0.6) is 0 Å². The van der Waals surface area contributed by atoms with E-state index in [2.05, 4.69) is 20.2 Å². The van der Waals surface area contributed by atoms with Gasteiger partial charge in [0.2, 0.25) is 11.6 Å². The molecule has 1 aromatic rings. The minimum Gasteiger partial charge on any atom is -0.378 e. The summed E-state index contributed by atoms with van der Waals surface area (Å²) in [5.41, 5.74) is 5.19. The van der Waals surface area contributed by atoms with E-state index in [1.807, 2.05) is 14.1 Å². The van der Waals surface area contributed by atoms with Crippen LogP contribution in [-0.2, 0) is 0 Å². The Balaban J connectivity index is 2.52. The number of hydrogen-bond donors (Lipinski definition) is 2. The average molecular weight is 254 g/mol. The second kappa shape index (κ2) is 6.70. The normalized spacial score (nSPS) is 10.6. The maximum absolute atomic E-state index is 10.8. The van der Waals surface area contributed by atoms with E-state index in [9.17, 15) is 10.1 Å². The smallest absolute Gasteiger partial charge is 0.352 e. The number of unbranched alkanes of at least 4 members (excludes halogenated alkanes) is 1. The number of nitrogens with one attached hydrogen (secondary N) is 1. The molecule has 0 unspecified atom stereocenters. The fourth-order valence-corrected chi connectivity index (χ4v) is 1.46. The van der Waals surface area contributed by atoms with Crippen LogP contribution in [0.15, 0.2) is 6.33 Å². The maximum atomic E-state index is 10.8. The van der Waals surface area contributed by atoms with Gasteiger partial charge in [-0.1, -0.05) is 0 Å². The summed E-state index contributed by atoms with van der Waals surface area (Å²) in [6.07, 6.45) is 3.12. The van der Waals surface area contributed by atoms with Gasteiger partial charge in [-0.05, 0) is 33.5 Å². The molecule has 0 aliphatic heterocycles. The molecule has 0 radical (unpaired) electrons. The van der Waals surface area contributed by atoms with Crippen molar-refractivity contribution in [2.75, 3.05) is 38.2 Å². The summed E-state index contributed by atoms with van der Waals surface area (Å²) < 4.78 is 0. The third-order valence-corrected chi connectivity index (χ3v) is 2.36. The molecule has 0 fully saturated rings. The van der Waals surface area contributed by atoms with Crippen LogP contribution in [0.2, 0.25) is 0 Å². The summed E-state index contributed by atoms with van der Waals surface area (Å²) in [5, 5.41) is 13.7. The topological polar surface area (TPSA) is 110 Å². The molecule has 1 rings (SSSR count). The zero-order valence-corrected chi connectivity index (χ0v) is 10.6. The summed E-state index contributed by atoms with van der Waals surface area (Å²) in [6, 6.07) is 0. The van der Waals surface area contributed by atoms with E-state index in [0.717, 1.165) is 19.4 Å². The first-order valence-corrected chi connectivity index (χ1v) is 5.66. The second-order valence-electron chi connectivity index (χ2n) is 4.15. The van der Waals surface area contributed by atoms with Crippen molar-refractivity contribution in [2.24, 2.45) is 0 Å². The minimum atomic E-state index is -0.572. The summed E-state index contributed by atoms with van der Waals surface area (Å²) in [7, 11) is 4.01. The third kappa shape index (κ3) is 4.13. The second-order valence-corrected chi connectivity index (χ2v) is 4.15. The van der Waals surface area contributed by atoms with Crippen molar-refractivity contribution >= 4 is 17.3 Å². The zero-order chi connectivity index (χ0) is 13.5. The number of anilines is 2. The minimum absolute atomic E-state index is 0.120. The largest absolute Gasteiger partial charge is 0.378 e. The predicted molar refractivity (Wildman–Crippen MR) is 69.4 cm³/mol. The molecule has 1 aromatic heterocycles. The first kappa shape index (κ1) is 14.1. The highest BCUT2D eigenvalue weighted by molar-refractivity contribution is 5.67. The number of rotatable bonds is 7. The van der Waals surface area contributed by atoms with Crippen LogP contribution in [0.25, 0.3) is 0 Å². The molecule has 100 valence electrons. The molecule has 0 aliphatic rings. The Morgan fingerprint density at radius 1 is 1.44 bits per heavy atom. The molecule has 0 bridgehead atoms. The van der Waals surface area contributed by atoms with Gasteiger partial charge in [-0.15, -0.1) is 0 Å². The number of nitrogens with two attached hydrogens (primary N) is 1. The lowest BCUT2D eigenvalue weighted by atomic mass is 10.3. The summed E-state index contributed by atoms with van der Waals surface area (Å²) in [6.45, 7) is 1.60. The highest BCUT2D eigenvalue weighted by Crippen LogP contribution is 2.25. The molecule has 0 spiro atoms. The molecular formula is C10H18N6O2. The van der Waals surface area contributed by atoms with Gasteiger partial charge in [-0.3, -0.25) is 10.1 Å². The first-order chi connectivity index (χ1) is 8.52. The van der Waals surface area contributed by atoms with Gasteiger partial charge in [0.1, 0.15) is 6.33 Å². The average Bonchev–Trinajstić information content (AvgIpc) is 2.27. The van der Waals surface area contributed by atoms with Crippen molar-refractivity contribution in [1.29, 1.82) is 0 Å². The molecule has 1 heterocycles. The fourth-order valence-electron chi connectivity index (χ4n) is 1.46. The number of aromatic nitrogens is 2. The maximum Gasteiger partial charge on any atom is 0.352 e. The van der Waals surface area contributed by atoms with Crippen molar-refractivity contribution in [2.45, 2.75) is 12.8 Å². The van der Waals surface area contributed by atoms with Crippen LogP contribution in [0.4, 0.5) is 17.3 Å². The molecule has 0 saturated carbocycles. The van der Waals surface area contributed by atoms with Gasteiger partial charge in [-0.25, -0.2) is 9.97 Å². The number of nitrogens with zero attached hydrogens (tertiary/aromatic N) is 4. The van der Waals surface area contributed by atoms with Crippen LogP contribution in [0.1, 0.15) is 12.8 Å². The molecule has 0 saturated heterocycles. The van der Waals surface area contributed by atoms with E-state index in [0.29, 0.717) is 6.54 Å². The molecule has 3 N–H and O–H groups in total. The van der Waals surface area contributed by atoms with E-state index in [1.165, 1.54) is 6.33 Å². The summed E-state index contributed by atoms with van der Waals surface area (Å²) in [4.78, 5) is 19.8. The van der Waals surface area contributed by atoms with Crippen LogP contribution < -0.4 is 11.1 Å². The van der Waals surface area contributed by atoms with E-state index >= 15 is 0 Å². The van der Waals surface area contributed by atoms with Gasteiger partial charge < -0.3 is 16.0 Å². The predicted octanol–water partition coefficient (Wildman–Crippen LogP) is 0.721. The zero-order valence-electron chi connectivity index (χ0n) is 10.6. The number of hydrogen-bond acceptors (Lipinski definition) is 7. The van der Waals surface area contributed by atoms with Gasteiger partial charge >= 0.3 is 5.69 Å². The van der Waals surface area contributed by atoms with Crippen molar-refractivity contribution in [3.63, 3.8) is 0 Å². The Bertz CT molecular complexity index is 409. The highest BCUT2D eigenvalue weighted by atomic mass is 16.6. The van der Waals surface area contributed by atoms with Crippen molar-refractivity contribution in [3.05, 3.63) is 16.4 Å². The summed E-state index contributed by atoms with van der Waals surface area (Å²) in [5.74, 6) is 0.0585. The van der Waals surface area contributed by atoms with Gasteiger partial charge in [0, 0.05) is 6.54 Å². The Morgan fingerprint density at radius 2 is 2.17 bits per heavy atom. The molecular weight excluding hydrogens is 236 g/mol. The Morgan fingerprint density at radius 3 is 2.78 bits per heavy atom. The molecule has 0 aromatic carbocycles. The molecule has 0 aliphatic carbocycles. The third-order valence-electron chi connectivity index (χ3n) is 2.36.